The maximum Gasteiger partial charge on any atom is 0.416 e. The first-order chi connectivity index (χ1) is 34.1. The Hall–Kier alpha value is -8.34. The molecule has 0 radical (unpaired) electrons. The van der Waals surface area contributed by atoms with Gasteiger partial charge in [0, 0.05) is 27.5 Å². The Labute approximate surface area is 399 Å². The van der Waals surface area contributed by atoms with Gasteiger partial charge in [-0.1, -0.05) is 103 Å². The van der Waals surface area contributed by atoms with Crippen LogP contribution in [0.15, 0.2) is 176 Å². The zero-order valence-electron chi connectivity index (χ0n) is 36.4. The van der Waals surface area contributed by atoms with Crippen molar-refractivity contribution in [1.29, 1.82) is 0 Å². The highest BCUT2D eigenvalue weighted by atomic mass is 19.4. The molecule has 0 atom stereocenters. The van der Waals surface area contributed by atoms with Crippen LogP contribution in [0, 0.1) is 5.82 Å². The normalized spacial score (nSPS) is 12.5. The largest absolute Gasteiger partial charge is 0.416 e. The van der Waals surface area contributed by atoms with Crippen molar-refractivity contribution in [2.75, 3.05) is 0 Å². The topological polar surface area (TPSA) is 43.6 Å². The Morgan fingerprint density at radius 2 is 0.681 bits per heavy atom. The Kier molecular flexibility index (Phi) is 11.5. The maximum atomic E-state index is 14.9. The van der Waals surface area contributed by atoms with Gasteiger partial charge in [0.2, 0.25) is 0 Å². The second-order valence-electron chi connectivity index (χ2n) is 16.7. The van der Waals surface area contributed by atoms with Gasteiger partial charge in [-0.15, -0.1) is 0 Å². The minimum absolute atomic E-state index is 0.00908. The molecule has 0 aliphatic heterocycles. The molecule has 0 fully saturated rings. The van der Waals surface area contributed by atoms with Gasteiger partial charge >= 0.3 is 24.7 Å². The molecule has 2 heterocycles. The van der Waals surface area contributed by atoms with Crippen LogP contribution in [0.1, 0.15) is 22.3 Å². The summed E-state index contributed by atoms with van der Waals surface area (Å²) in [6, 6.07) is 38.3. The Morgan fingerprint density at radius 1 is 0.306 bits per heavy atom. The third-order valence-corrected chi connectivity index (χ3v) is 11.9. The molecule has 0 saturated heterocycles. The van der Waals surface area contributed by atoms with Gasteiger partial charge in [-0.2, -0.15) is 52.7 Å². The predicted octanol–water partition coefficient (Wildman–Crippen LogP) is 17.2. The number of hydrogen-bond donors (Lipinski definition) is 0. The summed E-state index contributed by atoms with van der Waals surface area (Å²) in [5, 5.41) is 0.632. The van der Waals surface area contributed by atoms with Crippen LogP contribution >= 0.6 is 0 Å². The van der Waals surface area contributed by atoms with E-state index in [9.17, 15) is 57.1 Å². The summed E-state index contributed by atoms with van der Waals surface area (Å²) in [5.74, 6) is -0.158. The van der Waals surface area contributed by atoms with Crippen molar-refractivity contribution in [3.05, 3.63) is 204 Å². The standard InChI is InChI=1S/C55H29F13N4/c56-42-13-7-12-32(24-42)33-16-19-45(51-70-49(30-8-3-1-4-9-30)69-50(71-51)31-10-5-2-6-11-31)48(25-33)72-46-26-34(36-20-38(52(57,58)59)28-39(21-36)53(60,61)62)14-17-43(46)44-18-15-35(27-47(44)72)37-22-40(54(63,64)65)29-41(23-37)55(66,67)68/h1-29H. The van der Waals surface area contributed by atoms with E-state index in [0.29, 0.717) is 57.3 Å². The van der Waals surface area contributed by atoms with E-state index in [1.54, 1.807) is 84.9 Å². The van der Waals surface area contributed by atoms with E-state index in [-0.39, 0.29) is 63.0 Å². The lowest BCUT2D eigenvalue weighted by Crippen LogP contribution is -2.11. The average Bonchev–Trinajstić information content (AvgIpc) is 3.68. The van der Waals surface area contributed by atoms with Crippen LogP contribution in [0.3, 0.4) is 0 Å². The summed E-state index contributed by atoms with van der Waals surface area (Å²) < 4.78 is 187. The fourth-order valence-electron chi connectivity index (χ4n) is 8.56. The molecule has 10 aromatic rings. The van der Waals surface area contributed by atoms with Crippen LogP contribution in [-0.2, 0) is 24.7 Å². The molecule has 10 rings (SSSR count). The average molecular weight is 993 g/mol. The summed E-state index contributed by atoms with van der Waals surface area (Å²) in [7, 11) is 0. The molecule has 17 heteroatoms. The summed E-state index contributed by atoms with van der Waals surface area (Å²) in [5.41, 5.74) is -5.09. The molecule has 0 amide bonds. The lowest BCUT2D eigenvalue weighted by Gasteiger charge is -2.18. The van der Waals surface area contributed by atoms with Gasteiger partial charge in [-0.25, -0.2) is 19.3 Å². The van der Waals surface area contributed by atoms with Crippen molar-refractivity contribution in [3.8, 4) is 73.2 Å². The van der Waals surface area contributed by atoms with Gasteiger partial charge in [0.25, 0.3) is 0 Å². The van der Waals surface area contributed by atoms with Crippen molar-refractivity contribution < 1.29 is 57.1 Å². The molecule has 4 nitrogen and oxygen atoms in total. The van der Waals surface area contributed by atoms with E-state index < -0.39 is 63.9 Å². The third kappa shape index (κ3) is 9.24. The van der Waals surface area contributed by atoms with Gasteiger partial charge in [-0.05, 0) is 106 Å². The minimum atomic E-state index is -5.20. The minimum Gasteiger partial charge on any atom is -0.308 e. The van der Waals surface area contributed by atoms with E-state index in [1.165, 1.54) is 59.2 Å². The molecule has 0 saturated carbocycles. The van der Waals surface area contributed by atoms with E-state index in [0.717, 1.165) is 0 Å². The molecule has 0 spiro atoms. The van der Waals surface area contributed by atoms with Crippen molar-refractivity contribution in [2.24, 2.45) is 0 Å². The molecule has 8 aromatic carbocycles. The van der Waals surface area contributed by atoms with Crippen molar-refractivity contribution in [1.82, 2.24) is 19.5 Å². The second kappa shape index (κ2) is 17.5. The first kappa shape index (κ1) is 47.3. The maximum absolute atomic E-state index is 14.9. The summed E-state index contributed by atoms with van der Waals surface area (Å²) in [6.07, 6.45) is -20.8. The number of alkyl halides is 12. The van der Waals surface area contributed by atoms with Crippen LogP contribution in [-0.4, -0.2) is 19.5 Å². The number of fused-ring (bicyclic) bond motifs is 3. The number of aromatic nitrogens is 4. The smallest absolute Gasteiger partial charge is 0.308 e. The lowest BCUT2D eigenvalue weighted by molar-refractivity contribution is -0.144. The van der Waals surface area contributed by atoms with Crippen LogP contribution in [0.2, 0.25) is 0 Å². The van der Waals surface area contributed by atoms with Crippen molar-refractivity contribution >= 4 is 21.8 Å². The molecule has 0 unspecified atom stereocenters. The summed E-state index contributed by atoms with van der Waals surface area (Å²) in [6.45, 7) is 0. The fourth-order valence-corrected chi connectivity index (χ4v) is 8.56. The number of hydrogen-bond acceptors (Lipinski definition) is 3. The lowest BCUT2D eigenvalue weighted by atomic mass is 9.97. The molecule has 0 bridgehead atoms. The number of nitrogens with zero attached hydrogens (tertiary/aromatic N) is 4. The Bertz CT molecular complexity index is 3450. The molecule has 72 heavy (non-hydrogen) atoms. The fraction of sp³-hybridized carbons (Fsp3) is 0.0727. The van der Waals surface area contributed by atoms with Gasteiger partial charge in [-0.3, -0.25) is 0 Å². The quantitative estimate of drug-likeness (QED) is 0.149. The zero-order chi connectivity index (χ0) is 50.9. The Balaban J connectivity index is 1.33. The van der Waals surface area contributed by atoms with Crippen molar-refractivity contribution in [3.63, 3.8) is 0 Å². The summed E-state index contributed by atoms with van der Waals surface area (Å²) >= 11 is 0. The summed E-state index contributed by atoms with van der Waals surface area (Å²) in [4.78, 5) is 14.5. The van der Waals surface area contributed by atoms with Gasteiger partial charge < -0.3 is 4.57 Å². The molecule has 0 aliphatic carbocycles. The van der Waals surface area contributed by atoms with Gasteiger partial charge in [0.1, 0.15) is 5.82 Å². The van der Waals surface area contributed by atoms with Gasteiger partial charge in [0.15, 0.2) is 17.5 Å². The second-order valence-corrected chi connectivity index (χ2v) is 16.7. The molecule has 0 aliphatic rings. The van der Waals surface area contributed by atoms with Gasteiger partial charge in [0.05, 0.1) is 39.0 Å². The molecular formula is C55H29F13N4. The van der Waals surface area contributed by atoms with Crippen LogP contribution < -0.4 is 0 Å². The highest BCUT2D eigenvalue weighted by Gasteiger charge is 2.39. The zero-order valence-corrected chi connectivity index (χ0v) is 36.4. The van der Waals surface area contributed by atoms with Crippen LogP contribution in [0.25, 0.3) is 95.0 Å². The van der Waals surface area contributed by atoms with E-state index in [1.807, 2.05) is 0 Å². The first-order valence-corrected chi connectivity index (χ1v) is 21.5. The predicted molar refractivity (Wildman–Crippen MR) is 247 cm³/mol. The molecule has 360 valence electrons. The van der Waals surface area contributed by atoms with E-state index >= 15 is 0 Å². The molecule has 2 aromatic heterocycles. The third-order valence-electron chi connectivity index (χ3n) is 11.9. The number of halogens is 13. The van der Waals surface area contributed by atoms with Crippen LogP contribution in [0.5, 0.6) is 0 Å². The van der Waals surface area contributed by atoms with E-state index in [2.05, 4.69) is 0 Å². The Morgan fingerprint density at radius 3 is 1.10 bits per heavy atom. The highest BCUT2D eigenvalue weighted by Crippen LogP contribution is 2.45. The number of benzene rings is 8. The molecular weight excluding hydrogens is 964 g/mol. The SMILES string of the molecule is Fc1cccc(-c2ccc(-c3nc(-c4ccccc4)nc(-c4ccccc4)n3)c(-n3c4cc(-c5cc(C(F)(F)F)cc(C(F)(F)F)c5)ccc4c4ccc(-c5cc(C(F)(F)F)cc(C(F)(F)F)c5)cc43)c2)c1. The number of rotatable bonds is 7. The first-order valence-electron chi connectivity index (χ1n) is 21.5. The van der Waals surface area contributed by atoms with E-state index in [4.69, 9.17) is 15.0 Å². The van der Waals surface area contributed by atoms with Crippen molar-refractivity contribution in [2.45, 2.75) is 24.7 Å². The van der Waals surface area contributed by atoms with Crippen LogP contribution in [0.4, 0.5) is 57.1 Å². The molecule has 0 N–H and O–H groups in total. The monoisotopic (exact) mass is 992 g/mol. The highest BCUT2D eigenvalue weighted by molar-refractivity contribution is 6.12.